The van der Waals surface area contributed by atoms with Gasteiger partial charge in [-0.1, -0.05) is 6.07 Å². The summed E-state index contributed by atoms with van der Waals surface area (Å²) in [5, 5.41) is 3.88. The van der Waals surface area contributed by atoms with Crippen molar-refractivity contribution in [3.8, 4) is 0 Å². The highest BCUT2D eigenvalue weighted by atomic mass is 32.2. The van der Waals surface area contributed by atoms with E-state index in [0.717, 1.165) is 25.0 Å². The lowest BCUT2D eigenvalue weighted by Gasteiger charge is -2.15. The summed E-state index contributed by atoms with van der Waals surface area (Å²) >= 11 is 0. The number of amides is 1. The average molecular weight is 407 g/mol. The predicted molar refractivity (Wildman–Crippen MR) is 100 cm³/mol. The molecule has 0 aliphatic carbocycles. The molecule has 0 unspecified atom stereocenters. The van der Waals surface area contributed by atoms with Crippen LogP contribution in [0.5, 0.6) is 0 Å². The topological polar surface area (TPSA) is 78.8 Å². The maximum absolute atomic E-state index is 13.3. The molecule has 9 heteroatoms. The fourth-order valence-corrected chi connectivity index (χ4v) is 4.42. The maximum atomic E-state index is 13.3. The number of hydrogen-bond acceptors (Lipinski definition) is 4. The Kier molecular flexibility index (Phi) is 5.85. The van der Waals surface area contributed by atoms with Gasteiger partial charge in [-0.05, 0) is 56.2 Å². The van der Waals surface area contributed by atoms with Crippen LogP contribution in [-0.2, 0) is 10.0 Å². The second-order valence-corrected chi connectivity index (χ2v) is 8.34. The fraction of sp³-hybridized carbons (Fsp3) is 0.263. The van der Waals surface area contributed by atoms with E-state index in [1.807, 2.05) is 0 Å². The molecule has 1 heterocycles. The summed E-state index contributed by atoms with van der Waals surface area (Å²) in [6, 6.07) is 8.99. The predicted octanol–water partition coefficient (Wildman–Crippen LogP) is 2.90. The van der Waals surface area contributed by atoms with Crippen LogP contribution < -0.4 is 5.43 Å². The number of carbonyl (C=O) groups is 1. The molecule has 0 bridgehead atoms. The van der Waals surface area contributed by atoms with Crippen LogP contribution in [0.25, 0.3) is 0 Å². The van der Waals surface area contributed by atoms with Crippen LogP contribution >= 0.6 is 0 Å². The molecule has 0 aromatic heterocycles. The summed E-state index contributed by atoms with van der Waals surface area (Å²) in [6.07, 6.45) is 1.63. The van der Waals surface area contributed by atoms with E-state index in [9.17, 15) is 22.0 Å². The van der Waals surface area contributed by atoms with Crippen LogP contribution in [0.15, 0.2) is 52.5 Å². The highest BCUT2D eigenvalue weighted by Crippen LogP contribution is 2.21. The fourth-order valence-electron chi connectivity index (χ4n) is 2.86. The van der Waals surface area contributed by atoms with Crippen molar-refractivity contribution >= 4 is 21.6 Å². The molecule has 0 spiro atoms. The van der Waals surface area contributed by atoms with Gasteiger partial charge >= 0.3 is 0 Å². The summed E-state index contributed by atoms with van der Waals surface area (Å²) in [5.41, 5.74) is 3.01. The Balaban J connectivity index is 1.76. The molecule has 0 atom stereocenters. The number of halogens is 2. The van der Waals surface area contributed by atoms with Gasteiger partial charge in [-0.25, -0.2) is 22.6 Å². The monoisotopic (exact) mass is 407 g/mol. The molecule has 1 N–H and O–H groups in total. The van der Waals surface area contributed by atoms with E-state index in [4.69, 9.17) is 0 Å². The van der Waals surface area contributed by atoms with Gasteiger partial charge in [0.2, 0.25) is 10.0 Å². The van der Waals surface area contributed by atoms with Crippen molar-refractivity contribution in [1.82, 2.24) is 9.73 Å². The van der Waals surface area contributed by atoms with Crippen molar-refractivity contribution in [2.75, 3.05) is 13.1 Å². The first-order valence-corrected chi connectivity index (χ1v) is 10.1. The number of nitrogens with one attached hydrogen (secondary N) is 1. The first-order chi connectivity index (χ1) is 13.3. The Bertz CT molecular complexity index is 1030. The summed E-state index contributed by atoms with van der Waals surface area (Å²) in [6.45, 7) is 2.47. The molecule has 1 fully saturated rings. The van der Waals surface area contributed by atoms with Gasteiger partial charge in [0.25, 0.3) is 5.91 Å². The second-order valence-electron chi connectivity index (χ2n) is 6.41. The molecule has 1 aliphatic heterocycles. The molecular formula is C19H19F2N3O3S. The molecule has 1 aliphatic rings. The Morgan fingerprint density at radius 3 is 2.43 bits per heavy atom. The average Bonchev–Trinajstić information content (AvgIpc) is 3.24. The standard InChI is InChI=1S/C19H19F2N3O3S/c1-13(14-7-8-17(20)18(21)12-14)22-23-19(25)15-5-4-6-16(11-15)28(26,27)24-9-2-3-10-24/h4-8,11-12H,2-3,9-10H2,1H3,(H,23,25)/b22-13-. The third-order valence-electron chi connectivity index (χ3n) is 4.46. The zero-order valence-electron chi connectivity index (χ0n) is 15.2. The van der Waals surface area contributed by atoms with Gasteiger partial charge in [-0.3, -0.25) is 4.79 Å². The molecule has 3 rings (SSSR count). The van der Waals surface area contributed by atoms with Crippen LogP contribution in [0.3, 0.4) is 0 Å². The highest BCUT2D eigenvalue weighted by Gasteiger charge is 2.27. The molecule has 2 aromatic rings. The molecular weight excluding hydrogens is 388 g/mol. The lowest BCUT2D eigenvalue weighted by atomic mass is 10.1. The molecule has 148 valence electrons. The van der Waals surface area contributed by atoms with E-state index in [0.29, 0.717) is 18.7 Å². The van der Waals surface area contributed by atoms with E-state index in [1.54, 1.807) is 0 Å². The minimum absolute atomic E-state index is 0.0448. The first kappa shape index (κ1) is 20.1. The third kappa shape index (κ3) is 4.26. The first-order valence-electron chi connectivity index (χ1n) is 8.69. The van der Waals surface area contributed by atoms with Gasteiger partial charge in [0, 0.05) is 24.2 Å². The van der Waals surface area contributed by atoms with Crippen LogP contribution in [-0.4, -0.2) is 37.4 Å². The van der Waals surface area contributed by atoms with E-state index in [1.165, 1.54) is 41.6 Å². The molecule has 0 saturated carbocycles. The van der Waals surface area contributed by atoms with Crippen LogP contribution in [0, 0.1) is 11.6 Å². The van der Waals surface area contributed by atoms with Crippen molar-refractivity contribution in [3.05, 3.63) is 65.2 Å². The second kappa shape index (κ2) is 8.15. The SMILES string of the molecule is C/C(=N/NC(=O)c1cccc(S(=O)(=O)N2CCCC2)c1)c1ccc(F)c(F)c1. The minimum Gasteiger partial charge on any atom is -0.267 e. The Morgan fingerprint density at radius 1 is 1.04 bits per heavy atom. The lowest BCUT2D eigenvalue weighted by molar-refractivity contribution is 0.0954. The van der Waals surface area contributed by atoms with E-state index in [-0.39, 0.29) is 16.2 Å². The number of nitrogens with zero attached hydrogens (tertiary/aromatic N) is 2. The molecule has 1 amide bonds. The van der Waals surface area contributed by atoms with E-state index < -0.39 is 27.6 Å². The number of hydrogen-bond donors (Lipinski definition) is 1. The number of benzene rings is 2. The molecule has 0 radical (unpaired) electrons. The van der Waals surface area contributed by atoms with Gasteiger partial charge < -0.3 is 0 Å². The largest absolute Gasteiger partial charge is 0.271 e. The Morgan fingerprint density at radius 2 is 1.75 bits per heavy atom. The summed E-state index contributed by atoms with van der Waals surface area (Å²) in [4.78, 5) is 12.4. The summed E-state index contributed by atoms with van der Waals surface area (Å²) in [7, 11) is -3.64. The van der Waals surface area contributed by atoms with Crippen molar-refractivity contribution in [1.29, 1.82) is 0 Å². The number of sulfonamides is 1. The smallest absolute Gasteiger partial charge is 0.267 e. The Hall–Kier alpha value is -2.65. The Labute approximate surface area is 161 Å². The van der Waals surface area contributed by atoms with Gasteiger partial charge in [0.1, 0.15) is 0 Å². The van der Waals surface area contributed by atoms with Gasteiger partial charge in [0.15, 0.2) is 11.6 Å². The maximum Gasteiger partial charge on any atom is 0.271 e. The third-order valence-corrected chi connectivity index (χ3v) is 6.36. The van der Waals surface area contributed by atoms with Crippen LogP contribution in [0.1, 0.15) is 35.7 Å². The van der Waals surface area contributed by atoms with Crippen molar-refractivity contribution in [2.45, 2.75) is 24.7 Å². The number of carbonyl (C=O) groups excluding carboxylic acids is 1. The molecule has 28 heavy (non-hydrogen) atoms. The summed E-state index contributed by atoms with van der Waals surface area (Å²) in [5.74, 6) is -2.60. The van der Waals surface area contributed by atoms with Crippen LogP contribution in [0.2, 0.25) is 0 Å². The molecule has 2 aromatic carbocycles. The van der Waals surface area contributed by atoms with E-state index in [2.05, 4.69) is 10.5 Å². The zero-order chi connectivity index (χ0) is 20.3. The minimum atomic E-state index is -3.64. The zero-order valence-corrected chi connectivity index (χ0v) is 16.0. The van der Waals surface area contributed by atoms with Gasteiger partial charge in [-0.2, -0.15) is 9.41 Å². The van der Waals surface area contributed by atoms with Gasteiger partial charge in [-0.15, -0.1) is 0 Å². The summed E-state index contributed by atoms with van der Waals surface area (Å²) < 4.78 is 53.0. The molecule has 1 saturated heterocycles. The normalized spacial score (nSPS) is 15.6. The van der Waals surface area contributed by atoms with Crippen molar-refractivity contribution in [2.24, 2.45) is 5.10 Å². The van der Waals surface area contributed by atoms with Crippen molar-refractivity contribution < 1.29 is 22.0 Å². The van der Waals surface area contributed by atoms with E-state index >= 15 is 0 Å². The lowest BCUT2D eigenvalue weighted by Crippen LogP contribution is -2.28. The highest BCUT2D eigenvalue weighted by molar-refractivity contribution is 7.89. The van der Waals surface area contributed by atoms with Gasteiger partial charge in [0.05, 0.1) is 10.6 Å². The van der Waals surface area contributed by atoms with Crippen LogP contribution in [0.4, 0.5) is 8.78 Å². The number of hydrazone groups is 1. The quantitative estimate of drug-likeness (QED) is 0.612. The molecule has 6 nitrogen and oxygen atoms in total. The van der Waals surface area contributed by atoms with Crippen molar-refractivity contribution in [3.63, 3.8) is 0 Å². The number of rotatable bonds is 5.